The van der Waals surface area contributed by atoms with Crippen LogP contribution in [0.1, 0.15) is 54.1 Å². The SMILES string of the molecule is CCOC(=O)C1=C(C)N=c2s/c(=C\c3oc(Nc4ccc(Cl)cc4)c(C(=O)OCC)c3Cl)c(=O)n2[C@@H]1c1ccc(C)cc1. The number of carbonyl (C=O) groups is 2. The fraction of sp³-hybridized carbons (Fsp3) is 0.226. The standard InChI is InChI=1S/C31H27Cl2N3O6S/c1-5-40-29(38)23-17(4)34-31-36(26(23)18-9-7-16(3)8-10-18)28(37)22(43-31)15-21-25(33)24(30(39)41-6-2)27(42-21)35-20-13-11-19(32)12-14-20/h7-15,26,35H,5-6H2,1-4H3/b22-15-/t26-/m1/s1. The summed E-state index contributed by atoms with van der Waals surface area (Å²) in [6, 6.07) is 13.6. The largest absolute Gasteiger partial charge is 0.463 e. The summed E-state index contributed by atoms with van der Waals surface area (Å²) in [7, 11) is 0. The van der Waals surface area contributed by atoms with E-state index in [4.69, 9.17) is 37.1 Å². The van der Waals surface area contributed by atoms with Gasteiger partial charge in [-0.05, 0) is 57.5 Å². The second-order valence-corrected chi connectivity index (χ2v) is 11.4. The van der Waals surface area contributed by atoms with E-state index in [1.165, 1.54) is 10.6 Å². The number of halogens is 2. The number of hydrogen-bond donors (Lipinski definition) is 1. The quantitative estimate of drug-likeness (QED) is 0.238. The minimum absolute atomic E-state index is 0.0181. The van der Waals surface area contributed by atoms with E-state index in [9.17, 15) is 14.4 Å². The van der Waals surface area contributed by atoms with Crippen LogP contribution in [0.4, 0.5) is 11.6 Å². The Hall–Kier alpha value is -4.12. The maximum absolute atomic E-state index is 14.0. The van der Waals surface area contributed by atoms with Crippen molar-refractivity contribution in [3.8, 4) is 0 Å². The number of allylic oxidation sites excluding steroid dienone is 1. The average molecular weight is 641 g/mol. The first kappa shape index (κ1) is 30.3. The van der Waals surface area contributed by atoms with Gasteiger partial charge in [0.1, 0.15) is 10.6 Å². The van der Waals surface area contributed by atoms with Gasteiger partial charge in [-0.1, -0.05) is 64.4 Å². The van der Waals surface area contributed by atoms with Crippen LogP contribution in [0.2, 0.25) is 10.0 Å². The van der Waals surface area contributed by atoms with E-state index < -0.39 is 23.5 Å². The van der Waals surface area contributed by atoms with E-state index in [1.54, 1.807) is 45.0 Å². The number of ether oxygens (including phenoxy) is 2. The molecule has 222 valence electrons. The maximum atomic E-state index is 14.0. The van der Waals surface area contributed by atoms with Crippen LogP contribution in [0.15, 0.2) is 74.0 Å². The molecule has 3 heterocycles. The van der Waals surface area contributed by atoms with Crippen LogP contribution in [0, 0.1) is 6.92 Å². The van der Waals surface area contributed by atoms with Crippen molar-refractivity contribution in [1.82, 2.24) is 4.57 Å². The Balaban J connectivity index is 1.67. The minimum atomic E-state index is -0.762. The molecular formula is C31H27Cl2N3O6S. The second kappa shape index (κ2) is 12.6. The molecule has 1 N–H and O–H groups in total. The summed E-state index contributed by atoms with van der Waals surface area (Å²) >= 11 is 13.8. The summed E-state index contributed by atoms with van der Waals surface area (Å²) in [5.41, 5.74) is 2.64. The highest BCUT2D eigenvalue weighted by atomic mass is 35.5. The number of nitrogens with one attached hydrogen (secondary N) is 1. The zero-order valence-corrected chi connectivity index (χ0v) is 26.0. The molecule has 43 heavy (non-hydrogen) atoms. The number of hydrogen-bond acceptors (Lipinski definition) is 9. The number of aryl methyl sites for hydroxylation is 1. The van der Waals surface area contributed by atoms with E-state index in [2.05, 4.69) is 10.3 Å². The van der Waals surface area contributed by atoms with Gasteiger partial charge in [0.05, 0.1) is 35.1 Å². The smallest absolute Gasteiger partial charge is 0.345 e. The van der Waals surface area contributed by atoms with Crippen molar-refractivity contribution in [2.45, 2.75) is 33.7 Å². The molecule has 12 heteroatoms. The third kappa shape index (κ3) is 6.04. The van der Waals surface area contributed by atoms with Gasteiger partial charge in [0, 0.05) is 16.8 Å². The molecule has 0 aliphatic carbocycles. The van der Waals surface area contributed by atoms with E-state index in [0.717, 1.165) is 22.5 Å². The number of carbonyl (C=O) groups excluding carboxylic acids is 2. The third-order valence-electron chi connectivity index (χ3n) is 6.63. The highest BCUT2D eigenvalue weighted by molar-refractivity contribution is 7.07. The number of aromatic nitrogens is 1. The fourth-order valence-electron chi connectivity index (χ4n) is 4.63. The molecule has 0 spiro atoms. The number of fused-ring (bicyclic) bond motifs is 1. The fourth-order valence-corrected chi connectivity index (χ4v) is 6.03. The van der Waals surface area contributed by atoms with Gasteiger partial charge in [0.15, 0.2) is 10.6 Å². The van der Waals surface area contributed by atoms with Crippen molar-refractivity contribution in [2.75, 3.05) is 18.5 Å². The number of furan rings is 1. The Morgan fingerprint density at radius 1 is 1.02 bits per heavy atom. The Morgan fingerprint density at radius 3 is 2.33 bits per heavy atom. The number of benzene rings is 2. The second-order valence-electron chi connectivity index (χ2n) is 9.55. The van der Waals surface area contributed by atoms with Crippen molar-refractivity contribution in [2.24, 2.45) is 4.99 Å². The van der Waals surface area contributed by atoms with Gasteiger partial charge in [-0.15, -0.1) is 0 Å². The number of nitrogens with zero attached hydrogens (tertiary/aromatic N) is 2. The highest BCUT2D eigenvalue weighted by Crippen LogP contribution is 2.35. The lowest BCUT2D eigenvalue weighted by Crippen LogP contribution is -2.39. The van der Waals surface area contributed by atoms with Crippen molar-refractivity contribution in [3.05, 3.63) is 112 Å². The molecule has 0 saturated carbocycles. The molecule has 9 nitrogen and oxygen atoms in total. The molecule has 0 radical (unpaired) electrons. The lowest BCUT2D eigenvalue weighted by molar-refractivity contribution is -0.139. The van der Waals surface area contributed by atoms with Crippen molar-refractivity contribution >= 4 is 64.1 Å². The predicted molar refractivity (Wildman–Crippen MR) is 166 cm³/mol. The number of anilines is 2. The van der Waals surface area contributed by atoms with Crippen LogP contribution in [0.3, 0.4) is 0 Å². The van der Waals surface area contributed by atoms with Crippen LogP contribution in [-0.2, 0) is 14.3 Å². The van der Waals surface area contributed by atoms with Gasteiger partial charge in [-0.2, -0.15) is 0 Å². The summed E-state index contributed by atoms with van der Waals surface area (Å²) in [4.78, 5) is 44.9. The molecule has 0 unspecified atom stereocenters. The van der Waals surface area contributed by atoms with E-state index in [1.807, 2.05) is 31.2 Å². The Bertz CT molecular complexity index is 1920. The summed E-state index contributed by atoms with van der Waals surface area (Å²) in [6.07, 6.45) is 1.46. The lowest BCUT2D eigenvalue weighted by atomic mass is 9.95. The molecule has 0 bridgehead atoms. The first-order valence-corrected chi connectivity index (χ1v) is 15.0. The zero-order valence-electron chi connectivity index (χ0n) is 23.7. The molecule has 1 atom stereocenters. The molecule has 2 aromatic heterocycles. The average Bonchev–Trinajstić information content (AvgIpc) is 3.44. The van der Waals surface area contributed by atoms with Gasteiger partial charge in [0.25, 0.3) is 5.56 Å². The highest BCUT2D eigenvalue weighted by Gasteiger charge is 2.33. The van der Waals surface area contributed by atoms with Crippen molar-refractivity contribution < 1.29 is 23.5 Å². The van der Waals surface area contributed by atoms with Crippen LogP contribution in [0.25, 0.3) is 6.08 Å². The number of esters is 2. The predicted octanol–water partition coefficient (Wildman–Crippen LogP) is 5.93. The first-order chi connectivity index (χ1) is 20.6. The molecule has 0 fully saturated rings. The zero-order chi connectivity index (χ0) is 30.8. The molecule has 2 aromatic carbocycles. The Morgan fingerprint density at radius 2 is 1.67 bits per heavy atom. The third-order valence-corrected chi connectivity index (χ3v) is 8.24. The van der Waals surface area contributed by atoms with Crippen LogP contribution in [-0.4, -0.2) is 29.7 Å². The molecule has 0 saturated heterocycles. The topological polar surface area (TPSA) is 112 Å². The molecule has 1 aliphatic rings. The van der Waals surface area contributed by atoms with Crippen LogP contribution in [0.5, 0.6) is 0 Å². The van der Waals surface area contributed by atoms with E-state index >= 15 is 0 Å². The van der Waals surface area contributed by atoms with E-state index in [-0.39, 0.29) is 45.5 Å². The summed E-state index contributed by atoms with van der Waals surface area (Å²) in [5, 5.41) is 3.54. The van der Waals surface area contributed by atoms with Gasteiger partial charge in [0.2, 0.25) is 5.88 Å². The number of thiazole rings is 1. The lowest BCUT2D eigenvalue weighted by Gasteiger charge is -2.24. The first-order valence-electron chi connectivity index (χ1n) is 13.4. The molecule has 5 rings (SSSR count). The van der Waals surface area contributed by atoms with Crippen molar-refractivity contribution in [3.63, 3.8) is 0 Å². The van der Waals surface area contributed by atoms with Crippen LogP contribution < -0.4 is 20.2 Å². The summed E-state index contributed by atoms with van der Waals surface area (Å²) in [5.74, 6) is -1.12. The van der Waals surface area contributed by atoms with Gasteiger partial charge in [-0.25, -0.2) is 14.6 Å². The summed E-state index contributed by atoms with van der Waals surface area (Å²) < 4.78 is 18.2. The van der Waals surface area contributed by atoms with Gasteiger partial charge >= 0.3 is 11.9 Å². The molecule has 1 aliphatic heterocycles. The van der Waals surface area contributed by atoms with Gasteiger partial charge < -0.3 is 19.2 Å². The van der Waals surface area contributed by atoms with Crippen molar-refractivity contribution in [1.29, 1.82) is 0 Å². The number of rotatable bonds is 8. The minimum Gasteiger partial charge on any atom is -0.463 e. The molecular weight excluding hydrogens is 613 g/mol. The van der Waals surface area contributed by atoms with Crippen LogP contribution >= 0.6 is 34.5 Å². The van der Waals surface area contributed by atoms with E-state index in [0.29, 0.717) is 21.2 Å². The maximum Gasteiger partial charge on any atom is 0.345 e. The molecule has 4 aromatic rings. The van der Waals surface area contributed by atoms with Gasteiger partial charge in [-0.3, -0.25) is 9.36 Å². The monoisotopic (exact) mass is 639 g/mol. The molecule has 0 amide bonds. The Kier molecular flexibility index (Phi) is 8.91. The Labute approximate surface area is 260 Å². The normalized spacial score (nSPS) is 14.7. The summed E-state index contributed by atoms with van der Waals surface area (Å²) in [6.45, 7) is 7.36.